The maximum atomic E-state index is 13.5. The molecule has 0 bridgehead atoms. The fourth-order valence-corrected chi connectivity index (χ4v) is 1.54. The Morgan fingerprint density at radius 2 is 1.80 bits per heavy atom. The summed E-state index contributed by atoms with van der Waals surface area (Å²) in [7, 11) is 0. The van der Waals surface area contributed by atoms with Crippen molar-refractivity contribution < 1.29 is 4.39 Å². The summed E-state index contributed by atoms with van der Waals surface area (Å²) in [6.45, 7) is 1.92. The minimum atomic E-state index is -0.207. The monoisotopic (exact) mass is 201 g/mol. The summed E-state index contributed by atoms with van der Waals surface area (Å²) in [6, 6.07) is 12.3. The maximum absolute atomic E-state index is 13.5. The van der Waals surface area contributed by atoms with Gasteiger partial charge in [-0.1, -0.05) is 24.3 Å². The molecule has 2 N–H and O–H groups in total. The molecule has 0 heterocycles. The molecule has 0 saturated heterocycles. The van der Waals surface area contributed by atoms with E-state index in [0.717, 1.165) is 16.8 Å². The first-order chi connectivity index (χ1) is 7.18. The van der Waals surface area contributed by atoms with Crippen molar-refractivity contribution in [2.24, 2.45) is 0 Å². The first-order valence-corrected chi connectivity index (χ1v) is 4.79. The lowest BCUT2D eigenvalue weighted by atomic mass is 10.0. The van der Waals surface area contributed by atoms with Crippen LogP contribution in [0.2, 0.25) is 0 Å². The van der Waals surface area contributed by atoms with Crippen LogP contribution in [-0.4, -0.2) is 0 Å². The van der Waals surface area contributed by atoms with Gasteiger partial charge in [-0.3, -0.25) is 0 Å². The van der Waals surface area contributed by atoms with Crippen molar-refractivity contribution in [2.45, 2.75) is 6.92 Å². The van der Waals surface area contributed by atoms with Crippen LogP contribution in [0.25, 0.3) is 11.1 Å². The number of rotatable bonds is 1. The van der Waals surface area contributed by atoms with E-state index in [1.807, 2.05) is 25.1 Å². The van der Waals surface area contributed by atoms with Gasteiger partial charge in [0.1, 0.15) is 5.82 Å². The number of benzene rings is 2. The zero-order valence-electron chi connectivity index (χ0n) is 8.50. The molecule has 0 saturated carbocycles. The van der Waals surface area contributed by atoms with E-state index in [9.17, 15) is 4.39 Å². The highest BCUT2D eigenvalue weighted by atomic mass is 19.1. The number of aryl methyl sites for hydroxylation is 1. The molecule has 0 amide bonds. The van der Waals surface area contributed by atoms with Crippen molar-refractivity contribution in [3.8, 4) is 11.1 Å². The average molecular weight is 201 g/mol. The second kappa shape index (κ2) is 3.73. The van der Waals surface area contributed by atoms with E-state index in [-0.39, 0.29) is 5.82 Å². The molecule has 0 spiro atoms. The topological polar surface area (TPSA) is 26.0 Å². The molecule has 0 atom stereocenters. The Balaban J connectivity index is 2.55. The predicted molar refractivity (Wildman–Crippen MR) is 61.0 cm³/mol. The van der Waals surface area contributed by atoms with E-state index in [1.54, 1.807) is 18.2 Å². The predicted octanol–water partition coefficient (Wildman–Crippen LogP) is 3.38. The summed E-state index contributed by atoms with van der Waals surface area (Å²) < 4.78 is 13.5. The lowest BCUT2D eigenvalue weighted by molar-refractivity contribution is 0.631. The van der Waals surface area contributed by atoms with Crippen LogP contribution in [0.1, 0.15) is 5.56 Å². The van der Waals surface area contributed by atoms with Crippen LogP contribution in [0.15, 0.2) is 42.5 Å². The van der Waals surface area contributed by atoms with Gasteiger partial charge in [-0.05, 0) is 36.2 Å². The molecule has 0 radical (unpaired) electrons. The molecule has 76 valence electrons. The number of nitrogens with two attached hydrogens (primary N) is 1. The van der Waals surface area contributed by atoms with Gasteiger partial charge in [0, 0.05) is 11.3 Å². The van der Waals surface area contributed by atoms with Gasteiger partial charge in [-0.15, -0.1) is 0 Å². The normalized spacial score (nSPS) is 10.3. The standard InChI is InChI=1S/C13H12FN/c1-9-8-10(6-7-13(9)15)11-4-2-3-5-12(11)14/h2-8H,15H2,1H3. The summed E-state index contributed by atoms with van der Waals surface area (Å²) in [5.74, 6) is -0.207. The third kappa shape index (κ3) is 1.84. The van der Waals surface area contributed by atoms with Crippen LogP contribution in [-0.2, 0) is 0 Å². The second-order valence-electron chi connectivity index (χ2n) is 3.55. The van der Waals surface area contributed by atoms with Crippen LogP contribution in [0.5, 0.6) is 0 Å². The quantitative estimate of drug-likeness (QED) is 0.703. The fraction of sp³-hybridized carbons (Fsp3) is 0.0769. The number of hydrogen-bond acceptors (Lipinski definition) is 1. The van der Waals surface area contributed by atoms with Crippen molar-refractivity contribution in [3.63, 3.8) is 0 Å². The van der Waals surface area contributed by atoms with E-state index in [4.69, 9.17) is 5.73 Å². The fourth-order valence-electron chi connectivity index (χ4n) is 1.54. The van der Waals surface area contributed by atoms with Gasteiger partial charge < -0.3 is 5.73 Å². The van der Waals surface area contributed by atoms with Gasteiger partial charge in [0.2, 0.25) is 0 Å². The summed E-state index contributed by atoms with van der Waals surface area (Å²) in [5, 5.41) is 0. The number of hydrogen-bond donors (Lipinski definition) is 1. The van der Waals surface area contributed by atoms with Crippen LogP contribution >= 0.6 is 0 Å². The van der Waals surface area contributed by atoms with Crippen molar-refractivity contribution in [2.75, 3.05) is 5.73 Å². The summed E-state index contributed by atoms with van der Waals surface area (Å²) >= 11 is 0. The van der Waals surface area contributed by atoms with Crippen LogP contribution in [0, 0.1) is 12.7 Å². The highest BCUT2D eigenvalue weighted by Crippen LogP contribution is 2.25. The smallest absolute Gasteiger partial charge is 0.131 e. The largest absolute Gasteiger partial charge is 0.399 e. The minimum absolute atomic E-state index is 0.207. The molecule has 2 rings (SSSR count). The minimum Gasteiger partial charge on any atom is -0.399 e. The zero-order chi connectivity index (χ0) is 10.8. The molecular weight excluding hydrogens is 189 g/mol. The molecule has 0 unspecified atom stereocenters. The lowest BCUT2D eigenvalue weighted by Gasteiger charge is -2.06. The van der Waals surface area contributed by atoms with Crippen molar-refractivity contribution in [1.82, 2.24) is 0 Å². The summed E-state index contributed by atoms with van der Waals surface area (Å²) in [5.41, 5.74) is 8.88. The van der Waals surface area contributed by atoms with Gasteiger partial charge in [0.25, 0.3) is 0 Å². The molecular formula is C13H12FN. The van der Waals surface area contributed by atoms with Crippen LogP contribution in [0.4, 0.5) is 10.1 Å². The van der Waals surface area contributed by atoms with Gasteiger partial charge in [-0.25, -0.2) is 4.39 Å². The van der Waals surface area contributed by atoms with E-state index in [0.29, 0.717) is 5.56 Å². The SMILES string of the molecule is Cc1cc(-c2ccccc2F)ccc1N. The number of nitrogen functional groups attached to an aromatic ring is 1. The van der Waals surface area contributed by atoms with Gasteiger partial charge >= 0.3 is 0 Å². The van der Waals surface area contributed by atoms with Crippen LogP contribution in [0.3, 0.4) is 0 Å². The molecule has 0 aliphatic heterocycles. The van der Waals surface area contributed by atoms with Crippen molar-refractivity contribution in [1.29, 1.82) is 0 Å². The lowest BCUT2D eigenvalue weighted by Crippen LogP contribution is -1.90. The van der Waals surface area contributed by atoms with E-state index < -0.39 is 0 Å². The molecule has 0 aliphatic rings. The first kappa shape index (κ1) is 9.71. The van der Waals surface area contributed by atoms with Crippen molar-refractivity contribution >= 4 is 5.69 Å². The van der Waals surface area contributed by atoms with E-state index in [2.05, 4.69) is 0 Å². The highest BCUT2D eigenvalue weighted by molar-refractivity contribution is 5.68. The summed E-state index contributed by atoms with van der Waals surface area (Å²) in [6.07, 6.45) is 0. The summed E-state index contributed by atoms with van der Waals surface area (Å²) in [4.78, 5) is 0. The molecule has 2 heteroatoms. The van der Waals surface area contributed by atoms with Gasteiger partial charge in [-0.2, -0.15) is 0 Å². The van der Waals surface area contributed by atoms with Gasteiger partial charge in [0.15, 0.2) is 0 Å². The highest BCUT2D eigenvalue weighted by Gasteiger charge is 2.04. The Morgan fingerprint density at radius 1 is 1.07 bits per heavy atom. The van der Waals surface area contributed by atoms with Gasteiger partial charge in [0.05, 0.1) is 0 Å². The Bertz CT molecular complexity index is 492. The first-order valence-electron chi connectivity index (χ1n) is 4.79. The van der Waals surface area contributed by atoms with Crippen molar-refractivity contribution in [3.05, 3.63) is 53.8 Å². The molecule has 15 heavy (non-hydrogen) atoms. The Kier molecular flexibility index (Phi) is 2.42. The third-order valence-electron chi connectivity index (χ3n) is 2.45. The molecule has 0 fully saturated rings. The molecule has 2 aromatic carbocycles. The molecule has 0 aromatic heterocycles. The third-order valence-corrected chi connectivity index (χ3v) is 2.45. The van der Waals surface area contributed by atoms with Crippen LogP contribution < -0.4 is 5.73 Å². The second-order valence-corrected chi connectivity index (χ2v) is 3.55. The number of halogens is 1. The molecule has 2 aromatic rings. The Hall–Kier alpha value is -1.83. The van der Waals surface area contributed by atoms with E-state index in [1.165, 1.54) is 6.07 Å². The molecule has 0 aliphatic carbocycles. The van der Waals surface area contributed by atoms with E-state index >= 15 is 0 Å². The number of anilines is 1. The molecule has 1 nitrogen and oxygen atoms in total. The Labute approximate surface area is 88.4 Å². The zero-order valence-corrected chi connectivity index (χ0v) is 8.50. The maximum Gasteiger partial charge on any atom is 0.131 e. The Morgan fingerprint density at radius 3 is 2.47 bits per heavy atom. The average Bonchev–Trinajstić information content (AvgIpc) is 2.23.